The van der Waals surface area contributed by atoms with Gasteiger partial charge in [0.05, 0.1) is 10.7 Å². The quantitative estimate of drug-likeness (QED) is 0.472. The molecule has 0 atom stereocenters. The van der Waals surface area contributed by atoms with Crippen molar-refractivity contribution in [3.05, 3.63) is 70.9 Å². The number of pyridine rings is 1. The van der Waals surface area contributed by atoms with Crippen molar-refractivity contribution in [1.82, 2.24) is 14.5 Å². The third-order valence-corrected chi connectivity index (χ3v) is 4.64. The Hall–Kier alpha value is -2.70. The molecule has 7 heteroatoms. The minimum atomic E-state index is 0.285. The van der Waals surface area contributed by atoms with Gasteiger partial charge in [-0.05, 0) is 24.0 Å². The number of hydrogen-bond donors (Lipinski definition) is 1. The second kappa shape index (κ2) is 15.2. The van der Waals surface area contributed by atoms with Crippen LogP contribution >= 0.6 is 11.6 Å². The number of imidazole rings is 1. The lowest BCUT2D eigenvalue weighted by Gasteiger charge is -2.18. The second-order valence-electron chi connectivity index (χ2n) is 8.61. The standard InChI is InChI=1S/C12H15ClN4.C11H16.C2H6O.CH2O/c1-8(2)11-15-4-5-17(11)12-10(14-3)6-9(13)7-16-12;1-9-5-7-10(8-6-9)11(2,3)4;1-3-2;1-2/h4-8,14H,1-3H3;5-8H,1-4H3;1-2H3;1H2. The largest absolute Gasteiger partial charge is 0.388 e. The van der Waals surface area contributed by atoms with E-state index in [-0.39, 0.29) is 5.41 Å². The predicted molar refractivity (Wildman–Crippen MR) is 140 cm³/mol. The number of aromatic nitrogens is 3. The molecule has 0 unspecified atom stereocenters. The molecule has 0 saturated carbocycles. The molecule has 1 aromatic carbocycles. The zero-order valence-electron chi connectivity index (χ0n) is 21.4. The van der Waals surface area contributed by atoms with Gasteiger partial charge in [-0.15, -0.1) is 0 Å². The molecule has 0 saturated heterocycles. The first-order valence-electron chi connectivity index (χ1n) is 10.7. The summed E-state index contributed by atoms with van der Waals surface area (Å²) in [6, 6.07) is 10.6. The summed E-state index contributed by atoms with van der Waals surface area (Å²) in [5.74, 6) is 2.14. The van der Waals surface area contributed by atoms with Crippen molar-refractivity contribution in [3.8, 4) is 5.82 Å². The van der Waals surface area contributed by atoms with Crippen LogP contribution in [-0.2, 0) is 14.9 Å². The lowest BCUT2D eigenvalue weighted by Crippen LogP contribution is -2.10. The summed E-state index contributed by atoms with van der Waals surface area (Å²) in [6.07, 6.45) is 5.33. The zero-order valence-corrected chi connectivity index (χ0v) is 22.2. The van der Waals surface area contributed by atoms with E-state index >= 15 is 0 Å². The highest BCUT2D eigenvalue weighted by Gasteiger charge is 2.13. The fourth-order valence-electron chi connectivity index (χ4n) is 2.78. The zero-order chi connectivity index (χ0) is 25.6. The Balaban J connectivity index is 0.000000552. The van der Waals surface area contributed by atoms with Crippen molar-refractivity contribution in [3.63, 3.8) is 0 Å². The Bertz CT molecular complexity index is 932. The number of aryl methyl sites for hydroxylation is 1. The molecule has 6 nitrogen and oxygen atoms in total. The highest BCUT2D eigenvalue weighted by molar-refractivity contribution is 6.30. The van der Waals surface area contributed by atoms with E-state index in [1.54, 1.807) is 26.6 Å². The topological polar surface area (TPSA) is 69.0 Å². The van der Waals surface area contributed by atoms with E-state index < -0.39 is 0 Å². The molecule has 0 fully saturated rings. The third-order valence-electron chi connectivity index (χ3n) is 4.43. The fraction of sp³-hybridized carbons (Fsp3) is 0.423. The average molecular weight is 475 g/mol. The molecule has 0 aliphatic heterocycles. The van der Waals surface area contributed by atoms with Crippen molar-refractivity contribution in [2.45, 2.75) is 52.9 Å². The monoisotopic (exact) mass is 474 g/mol. The van der Waals surface area contributed by atoms with E-state index in [1.807, 2.05) is 30.7 Å². The lowest BCUT2D eigenvalue weighted by molar-refractivity contribution is -0.0979. The molecule has 0 spiro atoms. The summed E-state index contributed by atoms with van der Waals surface area (Å²) < 4.78 is 6.23. The Kier molecular flexibility index (Phi) is 14.0. The summed E-state index contributed by atoms with van der Waals surface area (Å²) in [5, 5.41) is 3.71. The number of halogens is 1. The van der Waals surface area contributed by atoms with E-state index in [0.29, 0.717) is 10.9 Å². The van der Waals surface area contributed by atoms with Crippen LogP contribution in [0, 0.1) is 6.92 Å². The number of benzene rings is 1. The van der Waals surface area contributed by atoms with Gasteiger partial charge in [-0.1, -0.05) is 76.0 Å². The molecule has 0 amide bonds. The number of nitrogens with zero attached hydrogens (tertiary/aromatic N) is 3. The number of hydrogen-bond acceptors (Lipinski definition) is 5. The van der Waals surface area contributed by atoms with Gasteiger partial charge in [0.2, 0.25) is 0 Å². The van der Waals surface area contributed by atoms with Gasteiger partial charge in [-0.25, -0.2) is 9.97 Å². The number of carbonyl (C=O) groups excluding carboxylic acids is 1. The van der Waals surface area contributed by atoms with E-state index in [0.717, 1.165) is 17.3 Å². The van der Waals surface area contributed by atoms with Crippen molar-refractivity contribution in [2.24, 2.45) is 0 Å². The first-order valence-corrected chi connectivity index (χ1v) is 11.1. The maximum Gasteiger partial charge on any atom is 0.161 e. The summed E-state index contributed by atoms with van der Waals surface area (Å²) in [6.45, 7) is 15.0. The molecule has 0 bridgehead atoms. The van der Waals surface area contributed by atoms with E-state index in [1.165, 1.54) is 11.1 Å². The van der Waals surface area contributed by atoms with Crippen molar-refractivity contribution >= 4 is 24.1 Å². The molecule has 0 aliphatic rings. The number of carbonyl (C=O) groups is 1. The molecular weight excluding hydrogens is 436 g/mol. The van der Waals surface area contributed by atoms with Gasteiger partial charge < -0.3 is 14.8 Å². The van der Waals surface area contributed by atoms with Gasteiger partial charge >= 0.3 is 0 Å². The molecular formula is C26H39ClN4O2. The number of anilines is 1. The molecule has 2 heterocycles. The number of nitrogens with one attached hydrogen (secondary N) is 1. The van der Waals surface area contributed by atoms with Crippen LogP contribution in [0.25, 0.3) is 5.82 Å². The van der Waals surface area contributed by atoms with Crippen LogP contribution in [-0.4, -0.2) is 42.6 Å². The summed E-state index contributed by atoms with van der Waals surface area (Å²) in [5.41, 5.74) is 3.91. The van der Waals surface area contributed by atoms with Crippen LogP contribution in [0.4, 0.5) is 5.69 Å². The van der Waals surface area contributed by atoms with E-state index in [4.69, 9.17) is 16.4 Å². The van der Waals surface area contributed by atoms with Crippen LogP contribution in [0.3, 0.4) is 0 Å². The number of ether oxygens (including phenoxy) is 1. The Morgan fingerprint density at radius 2 is 1.64 bits per heavy atom. The van der Waals surface area contributed by atoms with Crippen LogP contribution in [0.15, 0.2) is 48.9 Å². The van der Waals surface area contributed by atoms with Crippen LogP contribution in [0.2, 0.25) is 5.02 Å². The first kappa shape index (κ1) is 30.3. The molecule has 0 aliphatic carbocycles. The van der Waals surface area contributed by atoms with Crippen LogP contribution < -0.4 is 5.32 Å². The Morgan fingerprint density at radius 1 is 1.09 bits per heavy atom. The summed E-state index contributed by atoms with van der Waals surface area (Å²) in [7, 11) is 5.10. The molecule has 33 heavy (non-hydrogen) atoms. The average Bonchev–Trinajstić information content (AvgIpc) is 3.26. The molecule has 1 N–H and O–H groups in total. The predicted octanol–water partition coefficient (Wildman–Crippen LogP) is 6.46. The van der Waals surface area contributed by atoms with Gasteiger partial charge in [-0.3, -0.25) is 4.57 Å². The third kappa shape index (κ3) is 10.2. The summed E-state index contributed by atoms with van der Waals surface area (Å²) in [4.78, 5) is 16.7. The maximum atomic E-state index is 8.00. The van der Waals surface area contributed by atoms with Gasteiger partial charge in [0.25, 0.3) is 0 Å². The first-order chi connectivity index (χ1) is 15.5. The van der Waals surface area contributed by atoms with Crippen molar-refractivity contribution in [1.29, 1.82) is 0 Å². The Morgan fingerprint density at radius 3 is 2.09 bits per heavy atom. The minimum absolute atomic E-state index is 0.285. The molecule has 3 rings (SSSR count). The van der Waals surface area contributed by atoms with Crippen molar-refractivity contribution < 1.29 is 9.53 Å². The van der Waals surface area contributed by atoms with Gasteiger partial charge in [0, 0.05) is 45.8 Å². The lowest BCUT2D eigenvalue weighted by atomic mass is 9.87. The van der Waals surface area contributed by atoms with Crippen molar-refractivity contribution in [2.75, 3.05) is 26.6 Å². The normalized spacial score (nSPS) is 10.2. The molecule has 0 radical (unpaired) electrons. The fourth-order valence-corrected chi connectivity index (χ4v) is 2.94. The molecule has 3 aromatic rings. The van der Waals surface area contributed by atoms with Gasteiger partial charge in [0.15, 0.2) is 5.82 Å². The van der Waals surface area contributed by atoms with Crippen LogP contribution in [0.5, 0.6) is 0 Å². The highest BCUT2D eigenvalue weighted by Crippen LogP contribution is 2.25. The van der Waals surface area contributed by atoms with Gasteiger partial charge in [0.1, 0.15) is 12.6 Å². The van der Waals surface area contributed by atoms with E-state index in [2.05, 4.69) is 85.8 Å². The van der Waals surface area contributed by atoms with Crippen LogP contribution in [0.1, 0.15) is 57.5 Å². The highest BCUT2D eigenvalue weighted by atomic mass is 35.5. The van der Waals surface area contributed by atoms with Gasteiger partial charge in [-0.2, -0.15) is 0 Å². The smallest absolute Gasteiger partial charge is 0.161 e. The van der Waals surface area contributed by atoms with E-state index in [9.17, 15) is 0 Å². The number of methoxy groups -OCH3 is 1. The molecule has 2 aromatic heterocycles. The Labute approximate surface area is 204 Å². The maximum absolute atomic E-state index is 8.00. The second-order valence-corrected chi connectivity index (χ2v) is 9.05. The summed E-state index contributed by atoms with van der Waals surface area (Å²) >= 11 is 5.93. The SMILES string of the molecule is C=O.CNc1cc(Cl)cnc1-n1ccnc1C(C)C.COC.Cc1ccc(C(C)(C)C)cc1. The minimum Gasteiger partial charge on any atom is -0.388 e. The number of rotatable bonds is 3. The molecule has 182 valence electrons.